The van der Waals surface area contributed by atoms with Gasteiger partial charge >= 0.3 is 5.97 Å². The molecule has 0 aromatic heterocycles. The van der Waals surface area contributed by atoms with E-state index in [-0.39, 0.29) is 24.8 Å². The highest BCUT2D eigenvalue weighted by molar-refractivity contribution is 6.03. The van der Waals surface area contributed by atoms with Crippen molar-refractivity contribution in [3.8, 4) is 0 Å². The number of benzene rings is 3. The zero-order valence-corrected chi connectivity index (χ0v) is 19.5. The monoisotopic (exact) mass is 471 g/mol. The Hall–Kier alpha value is -4.13. The highest BCUT2D eigenvalue weighted by Crippen LogP contribution is 2.24. The van der Waals surface area contributed by atoms with Gasteiger partial charge in [0.05, 0.1) is 24.3 Å². The molecular formula is C28H29N3O4. The number of esters is 1. The predicted molar refractivity (Wildman–Crippen MR) is 134 cm³/mol. The summed E-state index contributed by atoms with van der Waals surface area (Å²) in [7, 11) is 0. The van der Waals surface area contributed by atoms with E-state index in [2.05, 4.69) is 10.6 Å². The first-order valence-corrected chi connectivity index (χ1v) is 11.8. The molecule has 0 radical (unpaired) electrons. The summed E-state index contributed by atoms with van der Waals surface area (Å²) in [6.45, 7) is 0.914. The lowest BCUT2D eigenvalue weighted by atomic mass is 10.1. The fourth-order valence-electron chi connectivity index (χ4n) is 4.09. The lowest BCUT2D eigenvalue weighted by molar-refractivity contribution is -0.147. The number of aryl methyl sites for hydroxylation is 1. The largest absolute Gasteiger partial charge is 0.466 e. The van der Waals surface area contributed by atoms with Crippen molar-refractivity contribution in [3.05, 3.63) is 96.1 Å². The molecule has 1 saturated heterocycles. The fraction of sp³-hybridized carbons (Fsp3) is 0.250. The van der Waals surface area contributed by atoms with E-state index in [4.69, 9.17) is 4.74 Å². The van der Waals surface area contributed by atoms with Crippen molar-refractivity contribution in [2.24, 2.45) is 0 Å². The van der Waals surface area contributed by atoms with Crippen molar-refractivity contribution in [2.75, 3.05) is 25.0 Å². The van der Waals surface area contributed by atoms with Gasteiger partial charge in [-0.05, 0) is 42.7 Å². The van der Waals surface area contributed by atoms with Crippen LogP contribution in [0.4, 0.5) is 11.4 Å². The Bertz CT molecular complexity index is 1150. The number of rotatable bonds is 9. The molecule has 7 heteroatoms. The summed E-state index contributed by atoms with van der Waals surface area (Å²) in [5.41, 5.74) is 3.10. The number of amides is 2. The van der Waals surface area contributed by atoms with E-state index >= 15 is 0 Å². The third-order valence-electron chi connectivity index (χ3n) is 5.88. The second kappa shape index (κ2) is 11.8. The maximum Gasteiger partial charge on any atom is 0.308 e. The number of hydrogen-bond donors (Lipinski definition) is 2. The van der Waals surface area contributed by atoms with Gasteiger partial charge in [0, 0.05) is 18.8 Å². The highest BCUT2D eigenvalue weighted by atomic mass is 16.5. The summed E-state index contributed by atoms with van der Waals surface area (Å²) in [6.07, 6.45) is 1.30. The number of para-hydroxylation sites is 2. The molecule has 1 unspecified atom stereocenters. The Kier molecular flexibility index (Phi) is 8.12. The van der Waals surface area contributed by atoms with E-state index in [0.717, 1.165) is 12.1 Å². The summed E-state index contributed by atoms with van der Waals surface area (Å²) in [4.78, 5) is 40.2. The minimum atomic E-state index is -0.914. The quantitative estimate of drug-likeness (QED) is 0.365. The number of piperazine rings is 1. The van der Waals surface area contributed by atoms with Gasteiger partial charge in [-0.1, -0.05) is 60.7 Å². The molecule has 7 nitrogen and oxygen atoms in total. The molecule has 0 saturated carbocycles. The lowest BCUT2D eigenvalue weighted by Gasteiger charge is -2.35. The van der Waals surface area contributed by atoms with E-state index in [1.165, 1.54) is 10.5 Å². The molecule has 2 N–H and O–H groups in total. The molecule has 1 heterocycles. The topological polar surface area (TPSA) is 87.7 Å². The normalized spacial score (nSPS) is 15.3. The number of carbonyl (C=O) groups excluding carboxylic acids is 3. The Morgan fingerprint density at radius 1 is 0.943 bits per heavy atom. The van der Waals surface area contributed by atoms with Gasteiger partial charge in [-0.15, -0.1) is 0 Å². The van der Waals surface area contributed by atoms with Gasteiger partial charge in [0.15, 0.2) is 0 Å². The predicted octanol–water partition coefficient (Wildman–Crippen LogP) is 3.94. The molecule has 180 valence electrons. The van der Waals surface area contributed by atoms with Crippen LogP contribution in [0.1, 0.15) is 28.8 Å². The average molecular weight is 472 g/mol. The SMILES string of the molecule is O=C(CC1C(=O)NCCN1C(=O)c1ccccc1Nc1ccccc1)OCCCc1ccccc1. The molecule has 1 aliphatic heterocycles. The van der Waals surface area contributed by atoms with Crippen LogP contribution >= 0.6 is 0 Å². The molecule has 4 rings (SSSR count). The van der Waals surface area contributed by atoms with Crippen molar-refractivity contribution >= 4 is 29.2 Å². The van der Waals surface area contributed by atoms with Gasteiger partial charge in [-0.2, -0.15) is 0 Å². The van der Waals surface area contributed by atoms with Crippen LogP contribution in [0.25, 0.3) is 0 Å². The maximum atomic E-state index is 13.5. The third-order valence-corrected chi connectivity index (χ3v) is 5.88. The van der Waals surface area contributed by atoms with Crippen LogP contribution in [0.3, 0.4) is 0 Å². The second-order valence-corrected chi connectivity index (χ2v) is 8.36. The fourth-order valence-corrected chi connectivity index (χ4v) is 4.09. The summed E-state index contributed by atoms with van der Waals surface area (Å²) in [5.74, 6) is -1.14. The second-order valence-electron chi connectivity index (χ2n) is 8.36. The summed E-state index contributed by atoms with van der Waals surface area (Å²) in [6, 6.07) is 25.8. The van der Waals surface area contributed by atoms with Gasteiger partial charge < -0.3 is 20.3 Å². The van der Waals surface area contributed by atoms with Crippen molar-refractivity contribution < 1.29 is 19.1 Å². The zero-order valence-electron chi connectivity index (χ0n) is 19.5. The van der Waals surface area contributed by atoms with Crippen molar-refractivity contribution in [1.82, 2.24) is 10.2 Å². The van der Waals surface area contributed by atoms with E-state index in [1.807, 2.05) is 72.8 Å². The molecule has 0 aliphatic carbocycles. The smallest absolute Gasteiger partial charge is 0.308 e. The van der Waals surface area contributed by atoms with Gasteiger partial charge in [0.1, 0.15) is 6.04 Å². The molecule has 3 aromatic carbocycles. The first-order valence-electron chi connectivity index (χ1n) is 11.8. The molecule has 1 fully saturated rings. The number of anilines is 2. The maximum absolute atomic E-state index is 13.5. The molecule has 2 amide bonds. The van der Waals surface area contributed by atoms with Crippen molar-refractivity contribution in [2.45, 2.75) is 25.3 Å². The van der Waals surface area contributed by atoms with Gasteiger partial charge in [-0.25, -0.2) is 0 Å². The standard InChI is InChI=1S/C28H29N3O4/c32-26(35-19-9-12-21-10-3-1-4-11-21)20-25-27(33)29-17-18-31(25)28(34)23-15-7-8-16-24(23)30-22-13-5-2-6-14-22/h1-8,10-11,13-16,25,30H,9,12,17-20H2,(H,29,33). The highest BCUT2D eigenvalue weighted by Gasteiger charge is 2.36. The van der Waals surface area contributed by atoms with E-state index < -0.39 is 12.0 Å². The minimum absolute atomic E-state index is 0.183. The molecule has 0 spiro atoms. The van der Waals surface area contributed by atoms with E-state index in [1.54, 1.807) is 12.1 Å². The molecule has 3 aromatic rings. The van der Waals surface area contributed by atoms with Crippen LogP contribution < -0.4 is 10.6 Å². The summed E-state index contributed by atoms with van der Waals surface area (Å²) < 4.78 is 5.38. The van der Waals surface area contributed by atoms with Crippen molar-refractivity contribution in [1.29, 1.82) is 0 Å². The van der Waals surface area contributed by atoms with Crippen LogP contribution in [0.15, 0.2) is 84.9 Å². The number of carbonyl (C=O) groups is 3. The molecule has 1 atom stereocenters. The van der Waals surface area contributed by atoms with Crippen LogP contribution in [0.5, 0.6) is 0 Å². The van der Waals surface area contributed by atoms with E-state index in [9.17, 15) is 14.4 Å². The summed E-state index contributed by atoms with van der Waals surface area (Å²) >= 11 is 0. The Morgan fingerprint density at radius 2 is 1.63 bits per heavy atom. The van der Waals surface area contributed by atoms with Gasteiger partial charge in [0.2, 0.25) is 5.91 Å². The van der Waals surface area contributed by atoms with Crippen molar-refractivity contribution in [3.63, 3.8) is 0 Å². The zero-order chi connectivity index (χ0) is 24.5. The Balaban J connectivity index is 1.39. The number of ether oxygens (including phenoxy) is 1. The number of hydrogen-bond acceptors (Lipinski definition) is 5. The number of nitrogens with zero attached hydrogens (tertiary/aromatic N) is 1. The first-order chi connectivity index (χ1) is 17.1. The first kappa shape index (κ1) is 24.0. The summed E-state index contributed by atoms with van der Waals surface area (Å²) in [5, 5.41) is 6.03. The molecule has 1 aliphatic rings. The molecule has 0 bridgehead atoms. The Labute approximate surface area is 205 Å². The van der Waals surface area contributed by atoms with E-state index in [0.29, 0.717) is 30.8 Å². The average Bonchev–Trinajstić information content (AvgIpc) is 2.89. The Morgan fingerprint density at radius 3 is 2.40 bits per heavy atom. The lowest BCUT2D eigenvalue weighted by Crippen LogP contribution is -2.57. The van der Waals surface area contributed by atoms with Crippen LogP contribution in [-0.2, 0) is 20.7 Å². The van der Waals surface area contributed by atoms with Gasteiger partial charge in [-0.3, -0.25) is 14.4 Å². The van der Waals surface area contributed by atoms with Crippen LogP contribution in [-0.4, -0.2) is 48.4 Å². The van der Waals surface area contributed by atoms with Gasteiger partial charge in [0.25, 0.3) is 5.91 Å². The van der Waals surface area contributed by atoms with Crippen LogP contribution in [0.2, 0.25) is 0 Å². The third kappa shape index (κ3) is 6.47. The number of nitrogens with one attached hydrogen (secondary N) is 2. The minimum Gasteiger partial charge on any atom is -0.466 e. The van der Waals surface area contributed by atoms with Crippen LogP contribution in [0, 0.1) is 0 Å². The molecular weight excluding hydrogens is 442 g/mol. The molecule has 35 heavy (non-hydrogen) atoms.